The standard InChI is InChI=1S/C19H29ClN2O2/c1-14-10-15(2)13-22(12-14)9-5-8-21-19(23)16(3)24-18-7-4-6-17(20)11-18/h4,6-7,11,14-16H,5,8-10,12-13H2,1-3H3,(H,21,23). The molecule has 134 valence electrons. The largest absolute Gasteiger partial charge is 0.481 e. The van der Waals surface area contributed by atoms with Gasteiger partial charge in [0.05, 0.1) is 0 Å². The Morgan fingerprint density at radius 3 is 2.75 bits per heavy atom. The van der Waals surface area contributed by atoms with E-state index in [1.54, 1.807) is 25.1 Å². The van der Waals surface area contributed by atoms with E-state index in [0.717, 1.165) is 24.8 Å². The normalized spacial score (nSPS) is 22.8. The van der Waals surface area contributed by atoms with E-state index >= 15 is 0 Å². The molecule has 1 fully saturated rings. The number of amides is 1. The number of carbonyl (C=O) groups is 1. The van der Waals surface area contributed by atoms with Crippen molar-refractivity contribution in [2.24, 2.45) is 11.8 Å². The zero-order valence-electron chi connectivity index (χ0n) is 14.9. The fraction of sp³-hybridized carbons (Fsp3) is 0.632. The van der Waals surface area contributed by atoms with Gasteiger partial charge in [-0.05, 0) is 56.3 Å². The van der Waals surface area contributed by atoms with Crippen molar-refractivity contribution in [1.29, 1.82) is 0 Å². The Hall–Kier alpha value is -1.26. The minimum Gasteiger partial charge on any atom is -0.481 e. The summed E-state index contributed by atoms with van der Waals surface area (Å²) in [5.41, 5.74) is 0. The number of ether oxygens (including phenoxy) is 1. The molecule has 1 aromatic rings. The van der Waals surface area contributed by atoms with E-state index in [1.807, 2.05) is 6.07 Å². The van der Waals surface area contributed by atoms with Crippen LogP contribution < -0.4 is 10.1 Å². The fourth-order valence-electron chi connectivity index (χ4n) is 3.43. The molecule has 1 aromatic carbocycles. The van der Waals surface area contributed by atoms with Gasteiger partial charge < -0.3 is 15.0 Å². The lowest BCUT2D eigenvalue weighted by Gasteiger charge is -2.34. The topological polar surface area (TPSA) is 41.6 Å². The molecular formula is C19H29ClN2O2. The van der Waals surface area contributed by atoms with Crippen LogP contribution in [0.2, 0.25) is 5.02 Å². The summed E-state index contributed by atoms with van der Waals surface area (Å²) in [6.07, 6.45) is 1.76. The van der Waals surface area contributed by atoms with Gasteiger partial charge in [0.25, 0.3) is 5.91 Å². The molecule has 1 saturated heterocycles. The molecule has 1 N–H and O–H groups in total. The molecule has 24 heavy (non-hydrogen) atoms. The number of likely N-dealkylation sites (tertiary alicyclic amines) is 1. The van der Waals surface area contributed by atoms with Crippen molar-refractivity contribution in [1.82, 2.24) is 10.2 Å². The van der Waals surface area contributed by atoms with Crippen LogP contribution in [0.15, 0.2) is 24.3 Å². The third-order valence-corrected chi connectivity index (χ3v) is 4.61. The molecule has 1 amide bonds. The summed E-state index contributed by atoms with van der Waals surface area (Å²) in [6.45, 7) is 10.5. The van der Waals surface area contributed by atoms with Crippen molar-refractivity contribution in [3.8, 4) is 5.75 Å². The van der Waals surface area contributed by atoms with Crippen molar-refractivity contribution in [3.63, 3.8) is 0 Å². The monoisotopic (exact) mass is 352 g/mol. The molecule has 0 bridgehead atoms. The fourth-order valence-corrected chi connectivity index (χ4v) is 3.61. The smallest absolute Gasteiger partial charge is 0.260 e. The lowest BCUT2D eigenvalue weighted by molar-refractivity contribution is -0.127. The van der Waals surface area contributed by atoms with Gasteiger partial charge in [0, 0.05) is 24.7 Å². The molecule has 0 aromatic heterocycles. The van der Waals surface area contributed by atoms with Crippen molar-refractivity contribution in [2.75, 3.05) is 26.2 Å². The zero-order chi connectivity index (χ0) is 17.5. The van der Waals surface area contributed by atoms with Gasteiger partial charge in [-0.1, -0.05) is 31.5 Å². The first-order valence-electron chi connectivity index (χ1n) is 8.86. The van der Waals surface area contributed by atoms with Crippen LogP contribution in [0.5, 0.6) is 5.75 Å². The van der Waals surface area contributed by atoms with Gasteiger partial charge >= 0.3 is 0 Å². The number of hydrogen-bond donors (Lipinski definition) is 1. The summed E-state index contributed by atoms with van der Waals surface area (Å²) in [7, 11) is 0. The van der Waals surface area contributed by atoms with Crippen LogP contribution in [0.3, 0.4) is 0 Å². The molecular weight excluding hydrogens is 324 g/mol. The number of benzene rings is 1. The van der Waals surface area contributed by atoms with Gasteiger partial charge in [0.1, 0.15) is 5.75 Å². The quantitative estimate of drug-likeness (QED) is 0.762. The Labute approximate surface area is 150 Å². The number of nitrogens with zero attached hydrogens (tertiary/aromatic N) is 1. The number of rotatable bonds is 7. The molecule has 4 nitrogen and oxygen atoms in total. The Kier molecular flexibility index (Phi) is 7.38. The Balaban J connectivity index is 1.65. The van der Waals surface area contributed by atoms with Crippen molar-refractivity contribution < 1.29 is 9.53 Å². The summed E-state index contributed by atoms with van der Waals surface area (Å²) in [5.74, 6) is 2.07. The number of nitrogens with one attached hydrogen (secondary N) is 1. The van der Waals surface area contributed by atoms with Crippen LogP contribution >= 0.6 is 11.6 Å². The molecule has 0 saturated carbocycles. The zero-order valence-corrected chi connectivity index (χ0v) is 15.7. The van der Waals surface area contributed by atoms with Crippen LogP contribution in [0.1, 0.15) is 33.6 Å². The highest BCUT2D eigenvalue weighted by Gasteiger charge is 2.21. The van der Waals surface area contributed by atoms with E-state index < -0.39 is 6.10 Å². The lowest BCUT2D eigenvalue weighted by Crippen LogP contribution is -2.41. The van der Waals surface area contributed by atoms with Gasteiger partial charge in [-0.3, -0.25) is 4.79 Å². The van der Waals surface area contributed by atoms with E-state index in [2.05, 4.69) is 24.1 Å². The van der Waals surface area contributed by atoms with Crippen LogP contribution in [-0.4, -0.2) is 43.1 Å². The number of hydrogen-bond acceptors (Lipinski definition) is 3. The average Bonchev–Trinajstić information content (AvgIpc) is 2.50. The minimum absolute atomic E-state index is 0.0876. The summed E-state index contributed by atoms with van der Waals surface area (Å²) >= 11 is 5.92. The van der Waals surface area contributed by atoms with Crippen molar-refractivity contribution in [3.05, 3.63) is 29.3 Å². The molecule has 0 spiro atoms. The Bertz CT molecular complexity index is 528. The molecule has 2 rings (SSSR count). The first-order valence-corrected chi connectivity index (χ1v) is 9.24. The molecule has 1 aliphatic rings. The Morgan fingerprint density at radius 2 is 2.08 bits per heavy atom. The maximum atomic E-state index is 12.1. The second kappa shape index (κ2) is 9.28. The number of halogens is 1. The second-order valence-corrected chi connectivity index (χ2v) is 7.50. The molecule has 5 heteroatoms. The first kappa shape index (κ1) is 19.1. The third-order valence-electron chi connectivity index (χ3n) is 4.37. The van der Waals surface area contributed by atoms with Crippen LogP contribution in [0.4, 0.5) is 0 Å². The first-order chi connectivity index (χ1) is 11.4. The SMILES string of the molecule is CC1CC(C)CN(CCCNC(=O)C(C)Oc2cccc(Cl)c2)C1. The minimum atomic E-state index is -0.529. The summed E-state index contributed by atoms with van der Waals surface area (Å²) in [5, 5.41) is 3.56. The van der Waals surface area contributed by atoms with Crippen molar-refractivity contribution in [2.45, 2.75) is 39.7 Å². The lowest BCUT2D eigenvalue weighted by atomic mass is 9.92. The number of piperidine rings is 1. The number of carbonyl (C=O) groups excluding carboxylic acids is 1. The van der Waals surface area contributed by atoms with Crippen molar-refractivity contribution >= 4 is 17.5 Å². The van der Waals surface area contributed by atoms with Gasteiger partial charge in [-0.15, -0.1) is 0 Å². The summed E-state index contributed by atoms with van der Waals surface area (Å²) in [4.78, 5) is 14.6. The van der Waals surface area contributed by atoms with E-state index in [1.165, 1.54) is 19.5 Å². The summed E-state index contributed by atoms with van der Waals surface area (Å²) in [6, 6.07) is 7.10. The predicted octanol–water partition coefficient (Wildman–Crippen LogP) is 3.59. The van der Waals surface area contributed by atoms with Gasteiger partial charge in [-0.2, -0.15) is 0 Å². The Morgan fingerprint density at radius 1 is 1.38 bits per heavy atom. The van der Waals surface area contributed by atoms with E-state index in [9.17, 15) is 4.79 Å². The van der Waals surface area contributed by atoms with Crippen LogP contribution in [0.25, 0.3) is 0 Å². The van der Waals surface area contributed by atoms with E-state index in [0.29, 0.717) is 17.3 Å². The van der Waals surface area contributed by atoms with Crippen LogP contribution in [-0.2, 0) is 4.79 Å². The second-order valence-electron chi connectivity index (χ2n) is 7.07. The van der Waals surface area contributed by atoms with Crippen LogP contribution in [0, 0.1) is 11.8 Å². The molecule has 0 aliphatic carbocycles. The van der Waals surface area contributed by atoms with Gasteiger partial charge in [0.15, 0.2) is 6.10 Å². The highest BCUT2D eigenvalue weighted by atomic mass is 35.5. The van der Waals surface area contributed by atoms with E-state index in [-0.39, 0.29) is 5.91 Å². The van der Waals surface area contributed by atoms with Gasteiger partial charge in [0.2, 0.25) is 0 Å². The highest BCUT2D eigenvalue weighted by molar-refractivity contribution is 6.30. The molecule has 0 radical (unpaired) electrons. The predicted molar refractivity (Wildman–Crippen MR) is 98.6 cm³/mol. The molecule has 1 heterocycles. The summed E-state index contributed by atoms with van der Waals surface area (Å²) < 4.78 is 5.63. The third kappa shape index (κ3) is 6.33. The molecule has 3 atom stereocenters. The average molecular weight is 353 g/mol. The molecule has 1 aliphatic heterocycles. The van der Waals surface area contributed by atoms with E-state index in [4.69, 9.17) is 16.3 Å². The highest BCUT2D eigenvalue weighted by Crippen LogP contribution is 2.21. The van der Waals surface area contributed by atoms with Gasteiger partial charge in [-0.25, -0.2) is 0 Å². The molecule has 3 unspecified atom stereocenters. The maximum absolute atomic E-state index is 12.1. The maximum Gasteiger partial charge on any atom is 0.260 e.